The molecule has 156 valence electrons. The van der Waals surface area contributed by atoms with Crippen molar-refractivity contribution >= 4 is 62.3 Å². The Morgan fingerprint density at radius 2 is 1.68 bits per heavy atom. The van der Waals surface area contributed by atoms with Crippen molar-refractivity contribution in [2.24, 2.45) is 0 Å². The van der Waals surface area contributed by atoms with Gasteiger partial charge >= 0.3 is 0 Å². The highest BCUT2D eigenvalue weighted by Gasteiger charge is 2.47. The molecule has 0 bridgehead atoms. The average molecular weight is 521 g/mol. The quantitative estimate of drug-likeness (QED) is 0.243. The lowest BCUT2D eigenvalue weighted by Gasteiger charge is -2.25. The Labute approximate surface area is 195 Å². The van der Waals surface area contributed by atoms with E-state index in [0.717, 1.165) is 15.4 Å². The van der Waals surface area contributed by atoms with E-state index >= 15 is 0 Å². The fourth-order valence-electron chi connectivity index (χ4n) is 3.49. The van der Waals surface area contributed by atoms with Crippen molar-refractivity contribution in [3.63, 3.8) is 0 Å². The standard InChI is InChI=1S/C23H13BrCl2FNO3/c24-14-7-4-12(5-8-14)21(29)19-20(13-6-9-17(25)18(26)10-13)28(23(31)22(19)30)16-3-1-2-15(27)11-16/h1-11,20,29H/b21-19-. The van der Waals surface area contributed by atoms with Gasteiger partial charge < -0.3 is 5.11 Å². The number of Topliss-reactive ketones (excluding diaryl/α,β-unsaturated/α-hetero) is 1. The second kappa shape index (κ2) is 8.46. The summed E-state index contributed by atoms with van der Waals surface area (Å²) >= 11 is 15.5. The molecule has 3 aromatic rings. The zero-order chi connectivity index (χ0) is 22.3. The first-order chi connectivity index (χ1) is 14.8. The largest absolute Gasteiger partial charge is 0.507 e. The van der Waals surface area contributed by atoms with Crippen LogP contribution in [-0.4, -0.2) is 16.8 Å². The molecule has 1 N–H and O–H groups in total. The van der Waals surface area contributed by atoms with Gasteiger partial charge in [0.05, 0.1) is 21.7 Å². The molecule has 0 radical (unpaired) electrons. The Morgan fingerprint density at radius 1 is 0.968 bits per heavy atom. The van der Waals surface area contributed by atoms with E-state index in [1.165, 1.54) is 30.3 Å². The number of hydrogen-bond donors (Lipinski definition) is 1. The molecule has 31 heavy (non-hydrogen) atoms. The Hall–Kier alpha value is -2.67. The number of halogens is 4. The van der Waals surface area contributed by atoms with Gasteiger partial charge in [-0.05, 0) is 48.0 Å². The highest BCUT2D eigenvalue weighted by Crippen LogP contribution is 2.43. The molecular formula is C23H13BrCl2FNO3. The lowest BCUT2D eigenvalue weighted by Crippen LogP contribution is -2.29. The lowest BCUT2D eigenvalue weighted by atomic mass is 9.95. The predicted octanol–water partition coefficient (Wildman–Crippen LogP) is 6.52. The number of benzene rings is 3. The second-order valence-electron chi connectivity index (χ2n) is 6.83. The summed E-state index contributed by atoms with van der Waals surface area (Å²) in [7, 11) is 0. The number of aliphatic hydroxyl groups is 1. The van der Waals surface area contributed by atoms with Gasteiger partial charge in [0.1, 0.15) is 11.6 Å². The van der Waals surface area contributed by atoms with E-state index in [4.69, 9.17) is 23.2 Å². The second-order valence-corrected chi connectivity index (χ2v) is 8.56. The molecule has 1 unspecified atom stereocenters. The van der Waals surface area contributed by atoms with E-state index < -0.39 is 23.5 Å². The maximum atomic E-state index is 13.9. The van der Waals surface area contributed by atoms with Crippen LogP contribution in [-0.2, 0) is 9.59 Å². The smallest absolute Gasteiger partial charge is 0.300 e. The van der Waals surface area contributed by atoms with Gasteiger partial charge in [-0.25, -0.2) is 4.39 Å². The van der Waals surface area contributed by atoms with Gasteiger partial charge in [0.15, 0.2) is 0 Å². The van der Waals surface area contributed by atoms with Gasteiger partial charge in [0, 0.05) is 15.7 Å². The van der Waals surface area contributed by atoms with Crippen LogP contribution in [0.3, 0.4) is 0 Å². The maximum Gasteiger partial charge on any atom is 0.300 e. The number of nitrogens with zero attached hydrogens (tertiary/aromatic N) is 1. The van der Waals surface area contributed by atoms with Gasteiger partial charge in [-0.1, -0.05) is 63.4 Å². The van der Waals surface area contributed by atoms with Crippen molar-refractivity contribution in [2.45, 2.75) is 6.04 Å². The molecule has 1 heterocycles. The van der Waals surface area contributed by atoms with E-state index in [2.05, 4.69) is 15.9 Å². The Morgan fingerprint density at radius 3 is 2.32 bits per heavy atom. The SMILES string of the molecule is O=C1C(=O)N(c2cccc(F)c2)C(c2ccc(Cl)c(Cl)c2)/C1=C(/O)c1ccc(Br)cc1. The number of aliphatic hydroxyl groups excluding tert-OH is 1. The number of carbonyl (C=O) groups is 2. The highest BCUT2D eigenvalue weighted by molar-refractivity contribution is 9.10. The molecule has 4 rings (SSSR count). The summed E-state index contributed by atoms with van der Waals surface area (Å²) in [5, 5.41) is 11.5. The van der Waals surface area contributed by atoms with Crippen LogP contribution in [0.2, 0.25) is 10.0 Å². The fraction of sp³-hybridized carbons (Fsp3) is 0.0435. The van der Waals surface area contributed by atoms with Crippen LogP contribution in [0.4, 0.5) is 10.1 Å². The zero-order valence-corrected chi connectivity index (χ0v) is 18.7. The number of ketones is 1. The molecule has 0 saturated carbocycles. The summed E-state index contributed by atoms with van der Waals surface area (Å²) in [5.74, 6) is -2.69. The summed E-state index contributed by atoms with van der Waals surface area (Å²) < 4.78 is 14.7. The summed E-state index contributed by atoms with van der Waals surface area (Å²) in [6, 6.07) is 15.6. The van der Waals surface area contributed by atoms with Gasteiger partial charge in [-0.3, -0.25) is 14.5 Å². The molecule has 1 saturated heterocycles. The first-order valence-corrected chi connectivity index (χ1v) is 10.6. The van der Waals surface area contributed by atoms with Crippen LogP contribution in [0.25, 0.3) is 5.76 Å². The zero-order valence-electron chi connectivity index (χ0n) is 15.7. The van der Waals surface area contributed by atoms with E-state index in [-0.39, 0.29) is 22.0 Å². The van der Waals surface area contributed by atoms with Crippen LogP contribution in [0, 0.1) is 5.82 Å². The van der Waals surface area contributed by atoms with Crippen LogP contribution in [0.15, 0.2) is 76.8 Å². The van der Waals surface area contributed by atoms with Gasteiger partial charge in [-0.15, -0.1) is 0 Å². The molecule has 1 aliphatic heterocycles. The van der Waals surface area contributed by atoms with Crippen LogP contribution in [0.1, 0.15) is 17.2 Å². The monoisotopic (exact) mass is 519 g/mol. The van der Waals surface area contributed by atoms with Crippen LogP contribution < -0.4 is 4.90 Å². The fourth-order valence-corrected chi connectivity index (χ4v) is 4.06. The molecular weight excluding hydrogens is 508 g/mol. The molecule has 3 aromatic carbocycles. The molecule has 0 aromatic heterocycles. The molecule has 8 heteroatoms. The van der Waals surface area contributed by atoms with E-state index in [0.29, 0.717) is 16.1 Å². The minimum atomic E-state index is -1.03. The minimum absolute atomic E-state index is 0.130. The molecule has 1 fully saturated rings. The normalized spacial score (nSPS) is 17.9. The topological polar surface area (TPSA) is 57.6 Å². The molecule has 1 amide bonds. The van der Waals surface area contributed by atoms with E-state index in [9.17, 15) is 19.1 Å². The Bertz CT molecular complexity index is 1240. The summed E-state index contributed by atoms with van der Waals surface area (Å²) in [6.07, 6.45) is 0. The molecule has 4 nitrogen and oxygen atoms in total. The van der Waals surface area contributed by atoms with E-state index in [1.807, 2.05) is 0 Å². The Kier molecular flexibility index (Phi) is 5.88. The van der Waals surface area contributed by atoms with E-state index in [1.54, 1.807) is 30.3 Å². The molecule has 0 spiro atoms. The highest BCUT2D eigenvalue weighted by atomic mass is 79.9. The summed E-state index contributed by atoms with van der Waals surface area (Å²) in [6.45, 7) is 0. The van der Waals surface area contributed by atoms with Crippen LogP contribution in [0.5, 0.6) is 0 Å². The van der Waals surface area contributed by atoms with Gasteiger partial charge in [0.2, 0.25) is 0 Å². The van der Waals surface area contributed by atoms with Crippen molar-refractivity contribution in [1.29, 1.82) is 0 Å². The Balaban J connectivity index is 1.97. The van der Waals surface area contributed by atoms with Crippen LogP contribution >= 0.6 is 39.1 Å². The minimum Gasteiger partial charge on any atom is -0.507 e. The number of carbonyl (C=O) groups excluding carboxylic acids is 2. The number of hydrogen-bond acceptors (Lipinski definition) is 3. The average Bonchev–Trinajstić information content (AvgIpc) is 3.01. The van der Waals surface area contributed by atoms with Crippen molar-refractivity contribution in [3.05, 3.63) is 104 Å². The third-order valence-electron chi connectivity index (χ3n) is 4.91. The molecule has 1 aliphatic rings. The van der Waals surface area contributed by atoms with Gasteiger partial charge in [0.25, 0.3) is 11.7 Å². The summed E-state index contributed by atoms with van der Waals surface area (Å²) in [5.41, 5.74) is 0.838. The first-order valence-electron chi connectivity index (χ1n) is 9.05. The lowest BCUT2D eigenvalue weighted by molar-refractivity contribution is -0.132. The van der Waals surface area contributed by atoms with Crippen molar-refractivity contribution in [2.75, 3.05) is 4.90 Å². The number of amides is 1. The molecule has 1 atom stereocenters. The van der Waals surface area contributed by atoms with Crippen molar-refractivity contribution in [3.8, 4) is 0 Å². The number of rotatable bonds is 3. The maximum absolute atomic E-state index is 13.9. The van der Waals surface area contributed by atoms with Crippen molar-refractivity contribution < 1.29 is 19.1 Å². The summed E-state index contributed by atoms with van der Waals surface area (Å²) in [4.78, 5) is 27.2. The third-order valence-corrected chi connectivity index (χ3v) is 6.18. The van der Waals surface area contributed by atoms with Crippen molar-refractivity contribution in [1.82, 2.24) is 0 Å². The first kappa shape index (κ1) is 21.6. The number of anilines is 1. The van der Waals surface area contributed by atoms with Gasteiger partial charge in [-0.2, -0.15) is 0 Å². The third kappa shape index (κ3) is 3.99. The molecule has 0 aliphatic carbocycles. The predicted molar refractivity (Wildman–Crippen MR) is 122 cm³/mol.